The number of aryl methyl sites for hydroxylation is 1. The summed E-state index contributed by atoms with van der Waals surface area (Å²) in [6.07, 6.45) is -0.531. The van der Waals surface area contributed by atoms with Crippen molar-refractivity contribution >= 4 is 23.3 Å². The molecular weight excluding hydrogens is 449 g/mol. The molecule has 0 spiro atoms. The number of pyridine rings is 1. The second-order valence-corrected chi connectivity index (χ2v) is 8.03. The van der Waals surface area contributed by atoms with Crippen LogP contribution in [-0.4, -0.2) is 27.9 Å². The lowest BCUT2D eigenvalue weighted by molar-refractivity contribution is -0.124. The van der Waals surface area contributed by atoms with Gasteiger partial charge >= 0.3 is 0 Å². The van der Waals surface area contributed by atoms with Crippen LogP contribution in [-0.2, 0) is 4.79 Å². The van der Waals surface area contributed by atoms with Crippen LogP contribution in [0.5, 0.6) is 0 Å². The molecule has 1 aromatic heterocycles. The molecule has 178 valence electrons. The molecule has 3 aromatic rings. The van der Waals surface area contributed by atoms with Crippen molar-refractivity contribution in [2.45, 2.75) is 32.9 Å². The number of nitrogens with one attached hydrogen (secondary N) is 2. The number of nitrogens with zero attached hydrogens (tertiary/aromatic N) is 1. The average molecular weight is 472 g/mol. The molecule has 1 atom stereocenters. The number of nitrogen functional groups attached to an aromatic ring is 1. The van der Waals surface area contributed by atoms with Crippen molar-refractivity contribution < 1.29 is 27.9 Å². The predicted octanol–water partition coefficient (Wildman–Crippen LogP) is 3.87. The molecule has 0 bridgehead atoms. The number of halogens is 3. The van der Waals surface area contributed by atoms with E-state index in [-0.39, 0.29) is 28.7 Å². The molecule has 34 heavy (non-hydrogen) atoms. The molecule has 0 saturated carbocycles. The molecule has 5 N–H and O–H groups in total. The van der Waals surface area contributed by atoms with Gasteiger partial charge in [0.05, 0.1) is 11.3 Å². The molecule has 10 heteroatoms. The highest BCUT2D eigenvalue weighted by Crippen LogP contribution is 2.30. The second-order valence-electron chi connectivity index (χ2n) is 8.03. The summed E-state index contributed by atoms with van der Waals surface area (Å²) in [6.45, 7) is 5.23. The monoisotopic (exact) mass is 472 g/mol. The summed E-state index contributed by atoms with van der Waals surface area (Å²) in [6, 6.07) is 6.03. The highest BCUT2D eigenvalue weighted by Gasteiger charge is 2.21. The average Bonchev–Trinajstić information content (AvgIpc) is 2.74. The van der Waals surface area contributed by atoms with Crippen LogP contribution in [0.3, 0.4) is 0 Å². The SMILES string of the molecule is Cc1cc(NC(=O)[C@@H](O)c2cc(F)cc(F)c2)c(F)cc1-c1cnc(N)c(C(=O)NC(C)C)c1. The van der Waals surface area contributed by atoms with E-state index in [2.05, 4.69) is 15.6 Å². The summed E-state index contributed by atoms with van der Waals surface area (Å²) < 4.78 is 41.6. The first-order chi connectivity index (χ1) is 16.0. The van der Waals surface area contributed by atoms with E-state index in [0.717, 1.165) is 18.2 Å². The topological polar surface area (TPSA) is 117 Å². The maximum Gasteiger partial charge on any atom is 0.257 e. The number of amides is 2. The van der Waals surface area contributed by atoms with Crippen molar-refractivity contribution in [1.29, 1.82) is 0 Å². The molecule has 1 heterocycles. The third kappa shape index (κ3) is 5.52. The fraction of sp³-hybridized carbons (Fsp3) is 0.208. The van der Waals surface area contributed by atoms with E-state index >= 15 is 0 Å². The Hall–Kier alpha value is -3.92. The number of carbonyl (C=O) groups excluding carboxylic acids is 2. The zero-order chi connectivity index (χ0) is 25.2. The number of carbonyl (C=O) groups is 2. The Morgan fingerprint density at radius 1 is 1.03 bits per heavy atom. The van der Waals surface area contributed by atoms with Gasteiger partial charge in [-0.25, -0.2) is 18.2 Å². The fourth-order valence-corrected chi connectivity index (χ4v) is 3.32. The van der Waals surface area contributed by atoms with Gasteiger partial charge in [-0.3, -0.25) is 9.59 Å². The summed E-state index contributed by atoms with van der Waals surface area (Å²) in [5.74, 6) is -4.24. The Morgan fingerprint density at radius 3 is 2.29 bits per heavy atom. The highest BCUT2D eigenvalue weighted by molar-refractivity contribution is 6.00. The van der Waals surface area contributed by atoms with Gasteiger partial charge in [-0.05, 0) is 67.8 Å². The van der Waals surface area contributed by atoms with Crippen LogP contribution in [0.2, 0.25) is 0 Å². The molecule has 2 aromatic carbocycles. The number of aliphatic hydroxyl groups is 1. The van der Waals surface area contributed by atoms with E-state index in [0.29, 0.717) is 22.8 Å². The minimum Gasteiger partial charge on any atom is -0.383 e. The van der Waals surface area contributed by atoms with Crippen molar-refractivity contribution in [3.8, 4) is 11.1 Å². The Labute approximate surface area is 193 Å². The van der Waals surface area contributed by atoms with Crippen molar-refractivity contribution in [2.24, 2.45) is 0 Å². The lowest BCUT2D eigenvalue weighted by Crippen LogP contribution is -2.30. The van der Waals surface area contributed by atoms with Gasteiger partial charge in [-0.2, -0.15) is 0 Å². The Balaban J connectivity index is 1.88. The standard InChI is InChI=1S/C24H23F3N4O3/c1-11(2)30-23(33)18-7-14(10-29-22(18)28)17-9-19(27)20(4-12(17)3)31-24(34)21(32)13-5-15(25)8-16(26)6-13/h4-11,21,32H,1-3H3,(H2,28,29)(H,30,33)(H,31,34)/t21-/m0/s1. The molecule has 0 aliphatic rings. The maximum atomic E-state index is 14.8. The largest absolute Gasteiger partial charge is 0.383 e. The van der Waals surface area contributed by atoms with Crippen LogP contribution >= 0.6 is 0 Å². The minimum atomic E-state index is -1.92. The van der Waals surface area contributed by atoms with Crippen LogP contribution in [0.4, 0.5) is 24.7 Å². The van der Waals surface area contributed by atoms with Crippen LogP contribution in [0.15, 0.2) is 42.6 Å². The number of benzene rings is 2. The first-order valence-corrected chi connectivity index (χ1v) is 10.3. The summed E-state index contributed by atoms with van der Waals surface area (Å²) in [4.78, 5) is 28.8. The summed E-state index contributed by atoms with van der Waals surface area (Å²) in [5, 5.41) is 15.1. The van der Waals surface area contributed by atoms with Crippen LogP contribution < -0.4 is 16.4 Å². The van der Waals surface area contributed by atoms with E-state index in [1.54, 1.807) is 20.8 Å². The molecule has 7 nitrogen and oxygen atoms in total. The van der Waals surface area contributed by atoms with Crippen molar-refractivity contribution in [3.63, 3.8) is 0 Å². The van der Waals surface area contributed by atoms with E-state index in [1.807, 2.05) is 0 Å². The van der Waals surface area contributed by atoms with Gasteiger partial charge in [0.15, 0.2) is 6.10 Å². The molecule has 3 rings (SSSR count). The van der Waals surface area contributed by atoms with Gasteiger partial charge in [0.25, 0.3) is 11.8 Å². The van der Waals surface area contributed by atoms with Gasteiger partial charge in [0, 0.05) is 23.9 Å². The van der Waals surface area contributed by atoms with Crippen LogP contribution in [0.1, 0.15) is 41.4 Å². The molecule has 0 aliphatic heterocycles. The predicted molar refractivity (Wildman–Crippen MR) is 121 cm³/mol. The number of nitrogens with two attached hydrogens (primary N) is 1. The van der Waals surface area contributed by atoms with Crippen molar-refractivity contribution in [2.75, 3.05) is 11.1 Å². The summed E-state index contributed by atoms with van der Waals surface area (Å²) >= 11 is 0. The quantitative estimate of drug-likeness (QED) is 0.435. The van der Waals surface area contributed by atoms with Crippen molar-refractivity contribution in [1.82, 2.24) is 10.3 Å². The van der Waals surface area contributed by atoms with Gasteiger partial charge in [0.1, 0.15) is 23.3 Å². The summed E-state index contributed by atoms with van der Waals surface area (Å²) in [5.41, 5.74) is 6.73. The van der Waals surface area contributed by atoms with Crippen molar-refractivity contribution in [3.05, 3.63) is 76.7 Å². The summed E-state index contributed by atoms with van der Waals surface area (Å²) in [7, 11) is 0. The lowest BCUT2D eigenvalue weighted by atomic mass is 9.99. The maximum absolute atomic E-state index is 14.8. The van der Waals surface area contributed by atoms with Gasteiger partial charge in [-0.15, -0.1) is 0 Å². The Bertz CT molecular complexity index is 1240. The number of aliphatic hydroxyl groups excluding tert-OH is 1. The van der Waals surface area contributed by atoms with Gasteiger partial charge in [0.2, 0.25) is 0 Å². The van der Waals surface area contributed by atoms with E-state index in [9.17, 15) is 27.9 Å². The molecule has 0 saturated heterocycles. The Morgan fingerprint density at radius 2 is 1.68 bits per heavy atom. The molecular formula is C24H23F3N4O3. The zero-order valence-electron chi connectivity index (χ0n) is 18.6. The van der Waals surface area contributed by atoms with Gasteiger partial charge in [-0.1, -0.05) is 0 Å². The molecule has 0 unspecified atom stereocenters. The molecule has 0 radical (unpaired) electrons. The highest BCUT2D eigenvalue weighted by atomic mass is 19.1. The molecule has 0 fully saturated rings. The van der Waals surface area contributed by atoms with E-state index < -0.39 is 35.4 Å². The molecule has 0 aliphatic carbocycles. The first kappa shape index (κ1) is 24.7. The Kier molecular flexibility index (Phi) is 7.21. The second kappa shape index (κ2) is 9.92. The van der Waals surface area contributed by atoms with E-state index in [1.165, 1.54) is 18.3 Å². The van der Waals surface area contributed by atoms with Crippen LogP contribution in [0.25, 0.3) is 11.1 Å². The fourth-order valence-electron chi connectivity index (χ4n) is 3.32. The number of aromatic nitrogens is 1. The zero-order valence-corrected chi connectivity index (χ0v) is 18.6. The van der Waals surface area contributed by atoms with Crippen LogP contribution in [0, 0.1) is 24.4 Å². The van der Waals surface area contributed by atoms with Gasteiger partial charge < -0.3 is 21.5 Å². The minimum absolute atomic E-state index is 0.0201. The number of hydrogen-bond acceptors (Lipinski definition) is 5. The van der Waals surface area contributed by atoms with E-state index in [4.69, 9.17) is 5.73 Å². The first-order valence-electron chi connectivity index (χ1n) is 10.3. The number of hydrogen-bond donors (Lipinski definition) is 4. The number of rotatable bonds is 6. The molecule has 2 amide bonds. The smallest absolute Gasteiger partial charge is 0.257 e. The third-order valence-electron chi connectivity index (χ3n) is 4.91. The third-order valence-corrected chi connectivity index (χ3v) is 4.91. The normalized spacial score (nSPS) is 11.9. The number of anilines is 2. The lowest BCUT2D eigenvalue weighted by Gasteiger charge is -2.15.